The van der Waals surface area contributed by atoms with Crippen molar-refractivity contribution < 1.29 is 0 Å². The number of nitrogens with zero attached hydrogens (tertiary/aromatic N) is 4. The first-order valence-corrected chi connectivity index (χ1v) is 10.4. The molecule has 1 aliphatic rings. The molecule has 0 spiro atoms. The summed E-state index contributed by atoms with van der Waals surface area (Å²) in [6.07, 6.45) is 1.84. The van der Waals surface area contributed by atoms with Gasteiger partial charge in [-0.15, -0.1) is 0 Å². The third-order valence-corrected chi connectivity index (χ3v) is 5.42. The van der Waals surface area contributed by atoms with Crippen LogP contribution in [0.4, 0.5) is 23.1 Å². The van der Waals surface area contributed by atoms with Crippen LogP contribution in [0.1, 0.15) is 30.9 Å². The number of para-hydroxylation sites is 1. The van der Waals surface area contributed by atoms with E-state index in [9.17, 15) is 0 Å². The molecule has 1 aliphatic heterocycles. The topological polar surface area (TPSA) is 44.3 Å². The van der Waals surface area contributed by atoms with Gasteiger partial charge < -0.3 is 15.1 Å². The van der Waals surface area contributed by atoms with Gasteiger partial charge in [0, 0.05) is 43.8 Å². The Labute approximate surface area is 173 Å². The zero-order valence-corrected chi connectivity index (χ0v) is 17.5. The molecule has 0 saturated carbocycles. The van der Waals surface area contributed by atoms with Crippen molar-refractivity contribution in [3.63, 3.8) is 0 Å². The van der Waals surface area contributed by atoms with Crippen molar-refractivity contribution >= 4 is 23.1 Å². The lowest BCUT2D eigenvalue weighted by Gasteiger charge is -2.36. The van der Waals surface area contributed by atoms with E-state index in [0.717, 1.165) is 43.6 Å². The normalized spacial score (nSPS) is 14.3. The van der Waals surface area contributed by atoms with Crippen molar-refractivity contribution in [2.75, 3.05) is 41.3 Å². The van der Waals surface area contributed by atoms with Crippen LogP contribution in [0, 0.1) is 6.92 Å². The Balaban J connectivity index is 1.45. The number of aryl methyl sites for hydroxylation is 1. The average Bonchev–Trinajstić information content (AvgIpc) is 2.74. The number of hydrogen-bond acceptors (Lipinski definition) is 5. The van der Waals surface area contributed by atoms with Gasteiger partial charge in [0.2, 0.25) is 5.95 Å². The zero-order valence-electron chi connectivity index (χ0n) is 17.5. The summed E-state index contributed by atoms with van der Waals surface area (Å²) in [6, 6.07) is 19.1. The largest absolute Gasteiger partial charge is 0.368 e. The number of nitrogens with one attached hydrogen (secondary N) is 1. The highest BCUT2D eigenvalue weighted by atomic mass is 15.3. The molecule has 5 nitrogen and oxygen atoms in total. The van der Waals surface area contributed by atoms with Crippen LogP contribution in [-0.4, -0.2) is 36.1 Å². The molecular formula is C24H29N5. The predicted molar refractivity (Wildman–Crippen MR) is 121 cm³/mol. The predicted octanol–water partition coefficient (Wildman–Crippen LogP) is 4.98. The summed E-state index contributed by atoms with van der Waals surface area (Å²) in [5, 5.41) is 3.49. The van der Waals surface area contributed by atoms with E-state index >= 15 is 0 Å². The number of benzene rings is 2. The summed E-state index contributed by atoms with van der Waals surface area (Å²) in [5.41, 5.74) is 5.00. The molecule has 1 aromatic heterocycles. The number of aromatic nitrogens is 2. The van der Waals surface area contributed by atoms with Crippen LogP contribution in [-0.2, 0) is 0 Å². The molecule has 0 aliphatic carbocycles. The van der Waals surface area contributed by atoms with Crippen molar-refractivity contribution in [1.82, 2.24) is 9.97 Å². The second-order valence-electron chi connectivity index (χ2n) is 7.92. The van der Waals surface area contributed by atoms with Crippen molar-refractivity contribution in [3.8, 4) is 0 Å². The first-order chi connectivity index (χ1) is 14.1. The monoisotopic (exact) mass is 387 g/mol. The van der Waals surface area contributed by atoms with Crippen LogP contribution in [0.15, 0.2) is 60.8 Å². The molecular weight excluding hydrogens is 358 g/mol. The fourth-order valence-corrected chi connectivity index (χ4v) is 3.81. The van der Waals surface area contributed by atoms with E-state index in [0.29, 0.717) is 5.92 Å². The zero-order chi connectivity index (χ0) is 20.2. The Kier molecular flexibility index (Phi) is 5.65. The lowest BCUT2D eigenvalue weighted by atomic mass is 10.0. The molecule has 0 atom stereocenters. The fourth-order valence-electron chi connectivity index (χ4n) is 3.81. The summed E-state index contributed by atoms with van der Waals surface area (Å²) < 4.78 is 0. The van der Waals surface area contributed by atoms with E-state index in [1.807, 2.05) is 12.3 Å². The fraction of sp³-hybridized carbons (Fsp3) is 0.333. The molecule has 4 rings (SSSR count). The number of rotatable bonds is 5. The van der Waals surface area contributed by atoms with E-state index in [1.54, 1.807) is 0 Å². The van der Waals surface area contributed by atoms with Gasteiger partial charge in [-0.3, -0.25) is 0 Å². The van der Waals surface area contributed by atoms with Crippen LogP contribution < -0.4 is 15.1 Å². The van der Waals surface area contributed by atoms with Gasteiger partial charge in [-0.25, -0.2) is 4.98 Å². The molecule has 1 fully saturated rings. The molecule has 0 radical (unpaired) electrons. The smallest absolute Gasteiger partial charge is 0.227 e. The SMILES string of the molecule is Cc1cccc(N2CCN(c3nccc(Nc4ccccc4C(C)C)n3)CC2)c1. The van der Waals surface area contributed by atoms with E-state index in [-0.39, 0.29) is 0 Å². The standard InChI is InChI=1S/C24H29N5/c1-18(2)21-9-4-5-10-22(21)26-23-11-12-25-24(27-23)29-15-13-28(14-16-29)20-8-6-7-19(3)17-20/h4-12,17-18H,13-16H2,1-3H3,(H,25,26,27). The lowest BCUT2D eigenvalue weighted by molar-refractivity contribution is 0.640. The van der Waals surface area contributed by atoms with Crippen molar-refractivity contribution in [2.45, 2.75) is 26.7 Å². The molecule has 0 bridgehead atoms. The minimum absolute atomic E-state index is 0.453. The highest BCUT2D eigenvalue weighted by Crippen LogP contribution is 2.27. The van der Waals surface area contributed by atoms with E-state index < -0.39 is 0 Å². The first-order valence-electron chi connectivity index (χ1n) is 10.4. The summed E-state index contributed by atoms with van der Waals surface area (Å²) in [4.78, 5) is 14.0. The van der Waals surface area contributed by atoms with Crippen LogP contribution in [0.3, 0.4) is 0 Å². The maximum absolute atomic E-state index is 4.79. The van der Waals surface area contributed by atoms with Gasteiger partial charge in [-0.2, -0.15) is 4.98 Å². The Morgan fingerprint density at radius 3 is 2.41 bits per heavy atom. The number of piperazine rings is 1. The Hall–Kier alpha value is -3.08. The third-order valence-electron chi connectivity index (χ3n) is 5.42. The van der Waals surface area contributed by atoms with Gasteiger partial charge in [0.1, 0.15) is 5.82 Å². The Morgan fingerprint density at radius 2 is 1.66 bits per heavy atom. The van der Waals surface area contributed by atoms with Crippen LogP contribution in [0.25, 0.3) is 0 Å². The molecule has 150 valence electrons. The van der Waals surface area contributed by atoms with Crippen molar-refractivity contribution in [1.29, 1.82) is 0 Å². The van der Waals surface area contributed by atoms with Gasteiger partial charge in [-0.05, 0) is 48.2 Å². The lowest BCUT2D eigenvalue weighted by Crippen LogP contribution is -2.47. The van der Waals surface area contributed by atoms with Crippen LogP contribution in [0.2, 0.25) is 0 Å². The molecule has 29 heavy (non-hydrogen) atoms. The van der Waals surface area contributed by atoms with Crippen molar-refractivity contribution in [3.05, 3.63) is 71.9 Å². The summed E-state index contributed by atoms with van der Waals surface area (Å²) in [6.45, 7) is 10.3. The maximum atomic E-state index is 4.79. The molecule has 1 N–H and O–H groups in total. The summed E-state index contributed by atoms with van der Waals surface area (Å²) >= 11 is 0. The van der Waals surface area contributed by atoms with Gasteiger partial charge in [0.05, 0.1) is 0 Å². The van der Waals surface area contributed by atoms with Gasteiger partial charge in [0.15, 0.2) is 0 Å². The van der Waals surface area contributed by atoms with Crippen molar-refractivity contribution in [2.24, 2.45) is 0 Å². The molecule has 0 amide bonds. The number of hydrogen-bond donors (Lipinski definition) is 1. The Morgan fingerprint density at radius 1 is 0.897 bits per heavy atom. The highest BCUT2D eigenvalue weighted by Gasteiger charge is 2.19. The van der Waals surface area contributed by atoms with E-state index in [2.05, 4.69) is 89.4 Å². The van der Waals surface area contributed by atoms with E-state index in [1.165, 1.54) is 16.8 Å². The Bertz CT molecular complexity index is 961. The van der Waals surface area contributed by atoms with Gasteiger partial charge in [0.25, 0.3) is 0 Å². The molecule has 2 aromatic carbocycles. The third kappa shape index (κ3) is 4.50. The number of anilines is 4. The second kappa shape index (κ2) is 8.52. The van der Waals surface area contributed by atoms with Crippen LogP contribution >= 0.6 is 0 Å². The molecule has 1 saturated heterocycles. The van der Waals surface area contributed by atoms with Gasteiger partial charge >= 0.3 is 0 Å². The minimum atomic E-state index is 0.453. The quantitative estimate of drug-likeness (QED) is 0.669. The summed E-state index contributed by atoms with van der Waals surface area (Å²) in [5.74, 6) is 2.08. The van der Waals surface area contributed by atoms with Gasteiger partial charge in [-0.1, -0.05) is 44.2 Å². The molecule has 5 heteroatoms. The molecule has 3 aromatic rings. The average molecular weight is 388 g/mol. The highest BCUT2D eigenvalue weighted by molar-refractivity contribution is 5.62. The molecule has 2 heterocycles. The second-order valence-corrected chi connectivity index (χ2v) is 7.92. The minimum Gasteiger partial charge on any atom is -0.368 e. The van der Waals surface area contributed by atoms with Crippen LogP contribution in [0.5, 0.6) is 0 Å². The van der Waals surface area contributed by atoms with E-state index in [4.69, 9.17) is 4.98 Å². The summed E-state index contributed by atoms with van der Waals surface area (Å²) in [7, 11) is 0. The molecule has 0 unspecified atom stereocenters. The maximum Gasteiger partial charge on any atom is 0.227 e. The first kappa shape index (κ1) is 19.2.